The van der Waals surface area contributed by atoms with Crippen LogP contribution < -0.4 is 4.74 Å². The second-order valence-corrected chi connectivity index (χ2v) is 6.99. The van der Waals surface area contributed by atoms with Crippen LogP contribution in [0.4, 0.5) is 4.39 Å². The van der Waals surface area contributed by atoms with E-state index < -0.39 is 17.7 Å². The number of nitrogens with zero attached hydrogens (tertiary/aromatic N) is 1. The van der Waals surface area contributed by atoms with Gasteiger partial charge in [0.25, 0.3) is 0 Å². The molecule has 1 unspecified atom stereocenters. The van der Waals surface area contributed by atoms with E-state index in [0.717, 1.165) is 5.56 Å². The lowest BCUT2D eigenvalue weighted by atomic mass is 9.83. The second-order valence-electron chi connectivity index (χ2n) is 6.99. The van der Waals surface area contributed by atoms with Crippen LogP contribution in [0.5, 0.6) is 5.75 Å². The highest BCUT2D eigenvalue weighted by molar-refractivity contribution is 5.96. The fraction of sp³-hybridized carbons (Fsp3) is 0.250. The molecular weight excluding hydrogens is 385 g/mol. The fourth-order valence-corrected chi connectivity index (χ4v) is 3.62. The third-order valence-electron chi connectivity index (χ3n) is 5.16. The van der Waals surface area contributed by atoms with Crippen LogP contribution in [0.2, 0.25) is 0 Å². The number of benzene rings is 2. The molecule has 0 N–H and O–H groups in total. The van der Waals surface area contributed by atoms with Crippen molar-refractivity contribution in [2.45, 2.75) is 25.8 Å². The van der Waals surface area contributed by atoms with Crippen LogP contribution in [0.15, 0.2) is 72.5 Å². The summed E-state index contributed by atoms with van der Waals surface area (Å²) in [5.74, 6) is -0.967. The van der Waals surface area contributed by atoms with Gasteiger partial charge in [0.1, 0.15) is 18.2 Å². The van der Waals surface area contributed by atoms with Crippen LogP contribution in [0.3, 0.4) is 0 Å². The molecule has 0 radical (unpaired) electrons. The van der Waals surface area contributed by atoms with E-state index in [1.807, 2.05) is 12.1 Å². The number of halogens is 1. The Morgan fingerprint density at radius 3 is 2.73 bits per heavy atom. The molecule has 0 spiro atoms. The summed E-state index contributed by atoms with van der Waals surface area (Å²) in [6.07, 6.45) is 1.55. The number of ether oxygens (including phenoxy) is 2. The van der Waals surface area contributed by atoms with Crippen LogP contribution in [0, 0.1) is 5.82 Å². The lowest BCUT2D eigenvalue weighted by Crippen LogP contribution is -2.38. The zero-order valence-electron chi connectivity index (χ0n) is 17.1. The highest BCUT2D eigenvalue weighted by Gasteiger charge is 2.37. The minimum Gasteiger partial charge on any atom is -0.497 e. The molecule has 1 atom stereocenters. The van der Waals surface area contributed by atoms with E-state index in [1.165, 1.54) is 17.0 Å². The van der Waals surface area contributed by atoms with Gasteiger partial charge in [0.2, 0.25) is 5.91 Å². The molecule has 2 aromatic carbocycles. The Kier molecular flexibility index (Phi) is 6.67. The van der Waals surface area contributed by atoms with Crippen molar-refractivity contribution in [3.8, 4) is 5.75 Å². The van der Waals surface area contributed by atoms with Crippen molar-refractivity contribution < 1.29 is 23.5 Å². The topological polar surface area (TPSA) is 55.8 Å². The Bertz CT molecular complexity index is 998. The number of amides is 1. The summed E-state index contributed by atoms with van der Waals surface area (Å²) in [6.45, 7) is 5.36. The zero-order chi connectivity index (χ0) is 21.7. The first kappa shape index (κ1) is 21.3. The standard InChI is InChI=1S/C24H24FNO4/c1-4-12-30-24(28)23-16(2)26(15-18-8-5-6-11-21(18)25)22(27)14-20(23)17-9-7-10-19(13-17)29-3/h4-11,13,20H,1,12,14-15H2,2-3H3. The van der Waals surface area contributed by atoms with Gasteiger partial charge in [0, 0.05) is 23.6 Å². The lowest BCUT2D eigenvalue weighted by molar-refractivity contribution is -0.139. The first-order valence-electron chi connectivity index (χ1n) is 9.62. The van der Waals surface area contributed by atoms with Crippen molar-refractivity contribution in [1.82, 2.24) is 4.90 Å². The van der Waals surface area contributed by atoms with Crippen LogP contribution in [0.1, 0.15) is 30.4 Å². The van der Waals surface area contributed by atoms with E-state index in [-0.39, 0.29) is 25.5 Å². The molecular formula is C24H24FNO4. The average Bonchev–Trinajstić information content (AvgIpc) is 2.75. The summed E-state index contributed by atoms with van der Waals surface area (Å²) >= 11 is 0. The summed E-state index contributed by atoms with van der Waals surface area (Å²) in [5.41, 5.74) is 1.99. The Morgan fingerprint density at radius 1 is 1.27 bits per heavy atom. The second kappa shape index (κ2) is 9.39. The van der Waals surface area contributed by atoms with Crippen LogP contribution in [0.25, 0.3) is 0 Å². The smallest absolute Gasteiger partial charge is 0.336 e. The molecule has 6 heteroatoms. The predicted octanol–water partition coefficient (Wildman–Crippen LogP) is 4.35. The molecule has 1 amide bonds. The molecule has 0 saturated heterocycles. The highest BCUT2D eigenvalue weighted by atomic mass is 19.1. The van der Waals surface area contributed by atoms with Crippen molar-refractivity contribution >= 4 is 11.9 Å². The van der Waals surface area contributed by atoms with E-state index >= 15 is 0 Å². The van der Waals surface area contributed by atoms with Crippen molar-refractivity contribution in [2.24, 2.45) is 0 Å². The lowest BCUT2D eigenvalue weighted by Gasteiger charge is -2.34. The van der Waals surface area contributed by atoms with Gasteiger partial charge in [0.15, 0.2) is 0 Å². The maximum Gasteiger partial charge on any atom is 0.336 e. The van der Waals surface area contributed by atoms with E-state index in [9.17, 15) is 14.0 Å². The molecule has 3 rings (SSSR count). The minimum atomic E-state index is -0.522. The molecule has 1 heterocycles. The predicted molar refractivity (Wildman–Crippen MR) is 111 cm³/mol. The van der Waals surface area contributed by atoms with E-state index in [2.05, 4.69) is 6.58 Å². The fourth-order valence-electron chi connectivity index (χ4n) is 3.62. The number of methoxy groups -OCH3 is 1. The van der Waals surface area contributed by atoms with Gasteiger partial charge >= 0.3 is 5.97 Å². The maximum atomic E-state index is 14.2. The number of rotatable bonds is 7. The quantitative estimate of drug-likeness (QED) is 0.504. The molecule has 0 saturated carbocycles. The minimum absolute atomic E-state index is 0.0421. The Labute approximate surface area is 175 Å². The van der Waals surface area contributed by atoms with Gasteiger partial charge in [0.05, 0.1) is 19.2 Å². The molecule has 0 bridgehead atoms. The van der Waals surface area contributed by atoms with Gasteiger partial charge in [-0.05, 0) is 30.7 Å². The number of hydrogen-bond donors (Lipinski definition) is 0. The summed E-state index contributed by atoms with van der Waals surface area (Å²) in [7, 11) is 1.56. The molecule has 30 heavy (non-hydrogen) atoms. The number of allylic oxidation sites excluding steroid dienone is 1. The molecule has 0 aromatic heterocycles. The Hall–Kier alpha value is -3.41. The molecule has 0 fully saturated rings. The first-order valence-corrected chi connectivity index (χ1v) is 9.62. The SMILES string of the molecule is C=CCOC(=O)C1=C(C)N(Cc2ccccc2F)C(=O)CC1c1cccc(OC)c1. The van der Waals surface area contributed by atoms with Crippen molar-refractivity contribution in [3.05, 3.63) is 89.4 Å². The largest absolute Gasteiger partial charge is 0.497 e. The third kappa shape index (κ3) is 4.43. The number of esters is 1. The zero-order valence-corrected chi connectivity index (χ0v) is 17.1. The summed E-state index contributed by atoms with van der Waals surface area (Å²) in [6, 6.07) is 13.5. The van der Waals surface area contributed by atoms with Gasteiger partial charge in [-0.3, -0.25) is 4.79 Å². The summed E-state index contributed by atoms with van der Waals surface area (Å²) in [4.78, 5) is 27.4. The van der Waals surface area contributed by atoms with E-state index in [1.54, 1.807) is 44.4 Å². The van der Waals surface area contributed by atoms with E-state index in [0.29, 0.717) is 22.6 Å². The maximum absolute atomic E-state index is 14.2. The number of carbonyl (C=O) groups is 2. The van der Waals surface area contributed by atoms with Crippen LogP contribution >= 0.6 is 0 Å². The Morgan fingerprint density at radius 2 is 2.03 bits per heavy atom. The average molecular weight is 409 g/mol. The highest BCUT2D eigenvalue weighted by Crippen LogP contribution is 2.38. The van der Waals surface area contributed by atoms with Crippen molar-refractivity contribution in [2.75, 3.05) is 13.7 Å². The third-order valence-corrected chi connectivity index (χ3v) is 5.16. The number of carbonyl (C=O) groups excluding carboxylic acids is 2. The van der Waals surface area contributed by atoms with Gasteiger partial charge in [-0.25, -0.2) is 9.18 Å². The monoisotopic (exact) mass is 409 g/mol. The van der Waals surface area contributed by atoms with Gasteiger partial charge in [-0.2, -0.15) is 0 Å². The van der Waals surface area contributed by atoms with Crippen LogP contribution in [-0.4, -0.2) is 30.5 Å². The summed E-state index contributed by atoms with van der Waals surface area (Å²) in [5, 5.41) is 0. The normalized spacial score (nSPS) is 16.4. The molecule has 5 nitrogen and oxygen atoms in total. The van der Waals surface area contributed by atoms with Gasteiger partial charge in [-0.15, -0.1) is 0 Å². The molecule has 1 aliphatic rings. The van der Waals surface area contributed by atoms with Crippen molar-refractivity contribution in [1.29, 1.82) is 0 Å². The van der Waals surface area contributed by atoms with E-state index in [4.69, 9.17) is 9.47 Å². The van der Waals surface area contributed by atoms with Crippen LogP contribution in [-0.2, 0) is 20.9 Å². The molecule has 2 aromatic rings. The molecule has 0 aliphatic carbocycles. The van der Waals surface area contributed by atoms with Gasteiger partial charge < -0.3 is 14.4 Å². The first-order chi connectivity index (χ1) is 14.5. The molecule has 1 aliphatic heterocycles. The summed E-state index contributed by atoms with van der Waals surface area (Å²) < 4.78 is 24.8. The Balaban J connectivity index is 2.05. The van der Waals surface area contributed by atoms with Crippen molar-refractivity contribution in [3.63, 3.8) is 0 Å². The van der Waals surface area contributed by atoms with Gasteiger partial charge in [-0.1, -0.05) is 43.0 Å². The molecule has 156 valence electrons. The number of hydrogen-bond acceptors (Lipinski definition) is 4.